The molecule has 0 radical (unpaired) electrons. The lowest BCUT2D eigenvalue weighted by molar-refractivity contribution is -0.288. The first-order chi connectivity index (χ1) is 20.3. The van der Waals surface area contributed by atoms with Gasteiger partial charge in [-0.3, -0.25) is 24.0 Å². The van der Waals surface area contributed by atoms with E-state index in [2.05, 4.69) is 15.9 Å². The Morgan fingerprint density at radius 2 is 1.42 bits per heavy atom. The van der Waals surface area contributed by atoms with Crippen molar-refractivity contribution in [3.63, 3.8) is 0 Å². The van der Waals surface area contributed by atoms with E-state index >= 15 is 0 Å². The van der Waals surface area contributed by atoms with Gasteiger partial charge in [0.15, 0.2) is 18.0 Å². The summed E-state index contributed by atoms with van der Waals surface area (Å²) in [7, 11) is 0. The molecule has 1 saturated heterocycles. The SMILES string of the molecule is CC(=O)OC[C@H]1O[C@@H](Oc2c(-c3ccc(Br)cc3)oc3cc(C)ccc3c2=O)[C@H](OC(C)=O)[C@@H](OC(C)=O)[C@@H]1OC(C)=O. The molecule has 0 aliphatic carbocycles. The number of rotatable bonds is 8. The minimum atomic E-state index is -1.62. The molecule has 2 aromatic carbocycles. The molecule has 0 spiro atoms. The van der Waals surface area contributed by atoms with Crippen molar-refractivity contribution in [3.05, 3.63) is 62.7 Å². The van der Waals surface area contributed by atoms with E-state index in [0.717, 1.165) is 37.7 Å². The van der Waals surface area contributed by atoms with Gasteiger partial charge in [-0.2, -0.15) is 0 Å². The second kappa shape index (κ2) is 13.4. The topological polar surface area (TPSA) is 154 Å². The van der Waals surface area contributed by atoms with E-state index in [-0.39, 0.29) is 16.9 Å². The first kappa shape index (κ1) is 31.7. The van der Waals surface area contributed by atoms with Gasteiger partial charge in [0, 0.05) is 37.7 Å². The van der Waals surface area contributed by atoms with Gasteiger partial charge < -0.3 is 32.8 Å². The Hall–Kier alpha value is -4.23. The van der Waals surface area contributed by atoms with E-state index in [1.807, 2.05) is 6.92 Å². The van der Waals surface area contributed by atoms with Crippen molar-refractivity contribution in [1.82, 2.24) is 0 Å². The quantitative estimate of drug-likeness (QED) is 0.253. The number of carbonyl (C=O) groups excluding carboxylic acids is 4. The maximum atomic E-state index is 13.9. The molecule has 0 bridgehead atoms. The molecule has 0 unspecified atom stereocenters. The van der Waals surface area contributed by atoms with Gasteiger partial charge in [0.25, 0.3) is 0 Å². The Labute approximate surface area is 254 Å². The van der Waals surface area contributed by atoms with Gasteiger partial charge in [0.2, 0.25) is 23.6 Å². The van der Waals surface area contributed by atoms with Crippen molar-refractivity contribution in [2.75, 3.05) is 6.61 Å². The molecule has 12 nitrogen and oxygen atoms in total. The van der Waals surface area contributed by atoms with Crippen molar-refractivity contribution in [1.29, 1.82) is 0 Å². The minimum Gasteiger partial charge on any atom is -0.463 e. The molecule has 1 aromatic heterocycles. The van der Waals surface area contributed by atoms with Crippen molar-refractivity contribution in [2.24, 2.45) is 0 Å². The van der Waals surface area contributed by atoms with Crippen LogP contribution in [0.3, 0.4) is 0 Å². The second-order valence-corrected chi connectivity index (χ2v) is 10.7. The van der Waals surface area contributed by atoms with Crippen LogP contribution < -0.4 is 10.2 Å². The standard InChI is InChI=1S/C30H29BrO12/c1-14-6-11-21-22(12-14)41-25(19-7-9-20(31)10-8-19)27(24(21)36)43-30-29(40-18(5)35)28(39-17(4)34)26(38-16(3)33)23(42-30)13-37-15(2)32/h6-12,23,26,28-30H,13H2,1-5H3/t23-,26-,28+,29-,30+/m1/s1. The highest BCUT2D eigenvalue weighted by Gasteiger charge is 2.53. The van der Waals surface area contributed by atoms with Gasteiger partial charge in [0.05, 0.1) is 5.39 Å². The summed E-state index contributed by atoms with van der Waals surface area (Å²) in [4.78, 5) is 62.0. The van der Waals surface area contributed by atoms with E-state index in [9.17, 15) is 24.0 Å². The third-order valence-corrected chi connectivity index (χ3v) is 6.82. The highest BCUT2D eigenvalue weighted by Crippen LogP contribution is 2.36. The number of benzene rings is 2. The monoisotopic (exact) mass is 660 g/mol. The van der Waals surface area contributed by atoms with E-state index in [1.54, 1.807) is 42.5 Å². The predicted octanol–water partition coefficient (Wildman–Crippen LogP) is 3.99. The van der Waals surface area contributed by atoms with E-state index < -0.39 is 66.6 Å². The maximum Gasteiger partial charge on any atom is 0.303 e. The Kier molecular flexibility index (Phi) is 9.87. The van der Waals surface area contributed by atoms with Crippen LogP contribution >= 0.6 is 15.9 Å². The molecule has 2 heterocycles. The van der Waals surface area contributed by atoms with Gasteiger partial charge in [-0.15, -0.1) is 0 Å². The smallest absolute Gasteiger partial charge is 0.303 e. The lowest BCUT2D eigenvalue weighted by Gasteiger charge is -2.43. The number of carbonyl (C=O) groups is 4. The van der Waals surface area contributed by atoms with Crippen molar-refractivity contribution in [2.45, 2.75) is 65.3 Å². The van der Waals surface area contributed by atoms with Crippen LogP contribution in [0.2, 0.25) is 0 Å². The highest BCUT2D eigenvalue weighted by atomic mass is 79.9. The van der Waals surface area contributed by atoms with Gasteiger partial charge in [-0.05, 0) is 48.9 Å². The summed E-state index contributed by atoms with van der Waals surface area (Å²) in [5.74, 6) is -3.31. The summed E-state index contributed by atoms with van der Waals surface area (Å²) in [6.45, 7) is 5.88. The zero-order valence-corrected chi connectivity index (χ0v) is 25.5. The van der Waals surface area contributed by atoms with Crippen molar-refractivity contribution in [3.8, 4) is 17.1 Å². The van der Waals surface area contributed by atoms with Crippen LogP contribution in [0.4, 0.5) is 0 Å². The molecular formula is C30H29BrO12. The Morgan fingerprint density at radius 1 is 0.814 bits per heavy atom. The van der Waals surface area contributed by atoms with Crippen LogP contribution in [0.15, 0.2) is 56.1 Å². The van der Waals surface area contributed by atoms with E-state index in [0.29, 0.717) is 11.1 Å². The average molecular weight is 661 g/mol. The maximum absolute atomic E-state index is 13.9. The summed E-state index contributed by atoms with van der Waals surface area (Å²) >= 11 is 3.39. The first-order valence-electron chi connectivity index (χ1n) is 13.1. The summed E-state index contributed by atoms with van der Waals surface area (Å²) in [6, 6.07) is 11.9. The average Bonchev–Trinajstić information content (AvgIpc) is 2.91. The molecule has 4 rings (SSSR count). The third kappa shape index (κ3) is 7.59. The first-order valence-corrected chi connectivity index (χ1v) is 13.9. The Balaban J connectivity index is 1.89. The number of esters is 4. The number of halogens is 1. The molecular weight excluding hydrogens is 632 g/mol. The molecule has 1 fully saturated rings. The summed E-state index contributed by atoms with van der Waals surface area (Å²) in [6.07, 6.45) is -7.28. The minimum absolute atomic E-state index is 0.0449. The number of fused-ring (bicyclic) bond motifs is 1. The van der Waals surface area contributed by atoms with Crippen molar-refractivity contribution >= 4 is 50.8 Å². The molecule has 43 heavy (non-hydrogen) atoms. The van der Waals surface area contributed by atoms with Crippen molar-refractivity contribution < 1.29 is 52.0 Å². The normalized spacial score (nSPS) is 21.5. The number of aryl methyl sites for hydroxylation is 1. The molecule has 13 heteroatoms. The molecule has 1 aliphatic rings. The van der Waals surface area contributed by atoms with Crippen LogP contribution in [-0.2, 0) is 42.9 Å². The van der Waals surface area contributed by atoms with Crippen LogP contribution in [0.25, 0.3) is 22.3 Å². The highest BCUT2D eigenvalue weighted by molar-refractivity contribution is 9.10. The Morgan fingerprint density at radius 3 is 2.02 bits per heavy atom. The molecule has 0 amide bonds. The molecule has 0 N–H and O–H groups in total. The fourth-order valence-corrected chi connectivity index (χ4v) is 4.85. The fourth-order valence-electron chi connectivity index (χ4n) is 4.58. The van der Waals surface area contributed by atoms with Gasteiger partial charge in [0.1, 0.15) is 18.3 Å². The van der Waals surface area contributed by atoms with Crippen LogP contribution in [0.5, 0.6) is 5.75 Å². The number of hydrogen-bond acceptors (Lipinski definition) is 12. The molecule has 5 atom stereocenters. The second-order valence-electron chi connectivity index (χ2n) is 9.78. The summed E-state index contributed by atoms with van der Waals surface area (Å²) < 4.78 is 40.6. The zero-order valence-electron chi connectivity index (χ0n) is 23.9. The lowest BCUT2D eigenvalue weighted by Crippen LogP contribution is -2.63. The van der Waals surface area contributed by atoms with E-state index in [4.69, 9.17) is 32.8 Å². The largest absolute Gasteiger partial charge is 0.463 e. The van der Waals surface area contributed by atoms with Crippen LogP contribution in [-0.4, -0.2) is 61.2 Å². The van der Waals surface area contributed by atoms with Gasteiger partial charge in [-0.1, -0.05) is 22.0 Å². The number of ether oxygens (including phenoxy) is 6. The van der Waals surface area contributed by atoms with Crippen LogP contribution in [0.1, 0.15) is 33.3 Å². The predicted molar refractivity (Wildman–Crippen MR) is 153 cm³/mol. The molecule has 1 aliphatic heterocycles. The Bertz CT molecular complexity index is 1600. The number of hydrogen-bond donors (Lipinski definition) is 0. The fraction of sp³-hybridized carbons (Fsp3) is 0.367. The zero-order chi connectivity index (χ0) is 31.4. The van der Waals surface area contributed by atoms with Gasteiger partial charge >= 0.3 is 23.9 Å². The third-order valence-electron chi connectivity index (χ3n) is 6.29. The van der Waals surface area contributed by atoms with Crippen LogP contribution in [0, 0.1) is 6.92 Å². The van der Waals surface area contributed by atoms with E-state index in [1.165, 1.54) is 0 Å². The summed E-state index contributed by atoms with van der Waals surface area (Å²) in [5, 5.41) is 0.201. The molecule has 3 aromatic rings. The summed E-state index contributed by atoms with van der Waals surface area (Å²) in [5.41, 5.74) is 1.07. The molecule has 0 saturated carbocycles. The van der Waals surface area contributed by atoms with Gasteiger partial charge in [-0.25, -0.2) is 0 Å². The molecule has 228 valence electrons. The lowest BCUT2D eigenvalue weighted by atomic mass is 9.98.